The predicted molar refractivity (Wildman–Crippen MR) is 162 cm³/mol. The van der Waals surface area contributed by atoms with Crippen LogP contribution >= 0.6 is 0 Å². The molecule has 0 spiro atoms. The van der Waals surface area contributed by atoms with Crippen molar-refractivity contribution >= 4 is 30.1 Å². The van der Waals surface area contributed by atoms with E-state index in [0.717, 1.165) is 40.8 Å². The Hall–Kier alpha value is -3.17. The molecule has 10 nitrogen and oxygen atoms in total. The van der Waals surface area contributed by atoms with Crippen molar-refractivity contribution in [2.24, 2.45) is 17.2 Å². The van der Waals surface area contributed by atoms with Crippen molar-refractivity contribution in [2.75, 3.05) is 44.6 Å². The molecule has 0 saturated heterocycles. The molecule has 0 radical (unpaired) electrons. The Balaban J connectivity index is 0.000000448. The van der Waals surface area contributed by atoms with Gasteiger partial charge >= 0.3 is 13.3 Å². The highest BCUT2D eigenvalue weighted by Gasteiger charge is 2.40. The van der Waals surface area contributed by atoms with Crippen LogP contribution in [0.3, 0.4) is 0 Å². The summed E-state index contributed by atoms with van der Waals surface area (Å²) in [5, 5.41) is 16.0. The first-order valence-electron chi connectivity index (χ1n) is 14.3. The van der Waals surface area contributed by atoms with E-state index in [1.165, 1.54) is 12.1 Å². The first kappa shape index (κ1) is 36.0. The van der Waals surface area contributed by atoms with Gasteiger partial charge in [-0.3, -0.25) is 9.59 Å². The summed E-state index contributed by atoms with van der Waals surface area (Å²) in [6.45, 7) is 8.18. The molecule has 43 heavy (non-hydrogen) atoms. The van der Waals surface area contributed by atoms with Gasteiger partial charge in [-0.25, -0.2) is 0 Å². The van der Waals surface area contributed by atoms with Gasteiger partial charge in [0.15, 0.2) is 0 Å². The summed E-state index contributed by atoms with van der Waals surface area (Å²) in [5.41, 5.74) is 19.3. The lowest BCUT2D eigenvalue weighted by atomic mass is 9.78. The highest BCUT2D eigenvalue weighted by atomic mass is 19.4. The Bertz CT molecular complexity index is 1180. The summed E-state index contributed by atoms with van der Waals surface area (Å²) < 4.78 is 41.6. The minimum absolute atomic E-state index is 0.105. The number of nitrogens with two attached hydrogens (primary N) is 3. The molecule has 1 heterocycles. The van der Waals surface area contributed by atoms with Crippen molar-refractivity contribution in [3.8, 4) is 0 Å². The van der Waals surface area contributed by atoms with E-state index < -0.39 is 30.5 Å². The zero-order chi connectivity index (χ0) is 32.2. The number of rotatable bonds is 13. The second kappa shape index (κ2) is 16.6. The highest BCUT2D eigenvalue weighted by Crippen LogP contribution is 2.31. The Kier molecular flexibility index (Phi) is 13.9. The molecule has 1 aliphatic heterocycles. The number of alkyl halides is 3. The summed E-state index contributed by atoms with van der Waals surface area (Å²) in [6.07, 6.45) is -3.03. The number of fused-ring (bicyclic) bond motifs is 1. The molecule has 1 aliphatic rings. The topological polar surface area (TPSA) is 169 Å². The lowest BCUT2D eigenvalue weighted by molar-refractivity contribution is -0.137. The van der Waals surface area contributed by atoms with Crippen LogP contribution in [0.15, 0.2) is 42.5 Å². The summed E-state index contributed by atoms with van der Waals surface area (Å²) in [7, 11) is -0.946. The maximum atomic E-state index is 12.2. The molecule has 2 amide bonds. The van der Waals surface area contributed by atoms with E-state index in [1.54, 1.807) is 4.90 Å². The average molecular weight is 609 g/mol. The van der Waals surface area contributed by atoms with Crippen LogP contribution in [0.2, 0.25) is 0 Å². The number of aryl methyl sites for hydroxylation is 1. The van der Waals surface area contributed by atoms with E-state index in [0.29, 0.717) is 39.3 Å². The molecule has 0 saturated carbocycles. The Morgan fingerprint density at radius 1 is 1.07 bits per heavy atom. The molecule has 3 rings (SSSR count). The molecule has 0 bridgehead atoms. The van der Waals surface area contributed by atoms with Gasteiger partial charge in [-0.1, -0.05) is 25.1 Å². The standard InChI is InChI=1S/C20H35BN6O4.C9H9F3/c1-20(2)15-4-3-14(13-16(15)21(30)31-20)25-9-10-26-19(29)17(24)5-6-18(28)27(11-7-22)12-8-23;1-2-7-3-5-8(6-4-7)9(10,11)12/h3-4,13,17,25,30H,5-12,22-24H2,1-2H3,(H,26,29);3-6H,2H2,1H3. The van der Waals surface area contributed by atoms with Crippen LogP contribution in [0.1, 0.15) is 50.3 Å². The fourth-order valence-electron chi connectivity index (χ4n) is 4.53. The molecule has 14 heteroatoms. The van der Waals surface area contributed by atoms with Crippen LogP contribution in [0.4, 0.5) is 18.9 Å². The van der Waals surface area contributed by atoms with Gasteiger partial charge in [-0.15, -0.1) is 0 Å². The molecule has 2 aromatic rings. The second-order valence-electron chi connectivity index (χ2n) is 10.7. The molecule has 0 fully saturated rings. The summed E-state index contributed by atoms with van der Waals surface area (Å²) in [4.78, 5) is 26.0. The smallest absolute Gasteiger partial charge is 0.423 e. The number of nitrogens with zero attached hydrogens (tertiary/aromatic N) is 1. The number of amides is 2. The number of halogens is 3. The first-order chi connectivity index (χ1) is 20.2. The normalized spacial score (nSPS) is 14.3. The first-order valence-corrected chi connectivity index (χ1v) is 14.3. The maximum absolute atomic E-state index is 12.2. The van der Waals surface area contributed by atoms with Gasteiger partial charge in [0.05, 0.1) is 17.2 Å². The molecule has 9 N–H and O–H groups in total. The van der Waals surface area contributed by atoms with Crippen LogP contribution in [-0.4, -0.2) is 74.2 Å². The van der Waals surface area contributed by atoms with Crippen molar-refractivity contribution in [3.05, 3.63) is 59.2 Å². The molecule has 1 unspecified atom stereocenters. The van der Waals surface area contributed by atoms with E-state index in [4.69, 9.17) is 21.9 Å². The van der Waals surface area contributed by atoms with Crippen LogP contribution in [0, 0.1) is 0 Å². The van der Waals surface area contributed by atoms with Crippen molar-refractivity contribution in [1.29, 1.82) is 0 Å². The summed E-state index contributed by atoms with van der Waals surface area (Å²) in [5.74, 6) is -0.412. The van der Waals surface area contributed by atoms with Crippen molar-refractivity contribution in [2.45, 2.75) is 57.9 Å². The largest absolute Gasteiger partial charge is 0.492 e. The van der Waals surface area contributed by atoms with E-state index in [-0.39, 0.29) is 24.7 Å². The molecule has 0 aromatic heterocycles. The van der Waals surface area contributed by atoms with Crippen LogP contribution in [0.25, 0.3) is 0 Å². The lowest BCUT2D eigenvalue weighted by Gasteiger charge is -2.22. The third kappa shape index (κ3) is 11.1. The Morgan fingerprint density at radius 2 is 1.70 bits per heavy atom. The highest BCUT2D eigenvalue weighted by molar-refractivity contribution is 6.62. The number of nitrogens with one attached hydrogen (secondary N) is 2. The minimum atomic E-state index is -4.22. The van der Waals surface area contributed by atoms with Gasteiger partial charge in [-0.2, -0.15) is 13.2 Å². The SMILES string of the molecule is CC1(C)OB(O)c2cc(NCCNC(=O)C(N)CCC(=O)N(CCN)CCN)ccc21.CCc1ccc(C(F)(F)F)cc1. The minimum Gasteiger partial charge on any atom is -0.423 e. The van der Waals surface area contributed by atoms with Crippen molar-refractivity contribution in [3.63, 3.8) is 0 Å². The number of anilines is 1. The van der Waals surface area contributed by atoms with Gasteiger partial charge < -0.3 is 42.4 Å². The number of carbonyl (C=O) groups is 2. The number of hydrogen-bond donors (Lipinski definition) is 6. The van der Waals surface area contributed by atoms with Crippen LogP contribution in [-0.2, 0) is 32.4 Å². The average Bonchev–Trinajstić information content (AvgIpc) is 3.20. The van der Waals surface area contributed by atoms with E-state index >= 15 is 0 Å². The molecule has 1 atom stereocenters. The van der Waals surface area contributed by atoms with Gasteiger partial charge in [0.25, 0.3) is 0 Å². The quantitative estimate of drug-likeness (QED) is 0.146. The fourth-order valence-corrected chi connectivity index (χ4v) is 4.53. The van der Waals surface area contributed by atoms with Gasteiger partial charge in [0.1, 0.15) is 0 Å². The summed E-state index contributed by atoms with van der Waals surface area (Å²) in [6, 6.07) is 10.1. The predicted octanol–water partition coefficient (Wildman–Crippen LogP) is 1.29. The number of hydrogen-bond acceptors (Lipinski definition) is 8. The monoisotopic (exact) mass is 608 g/mol. The number of benzene rings is 2. The second-order valence-corrected chi connectivity index (χ2v) is 10.7. The van der Waals surface area contributed by atoms with E-state index in [2.05, 4.69) is 10.6 Å². The number of carbonyl (C=O) groups excluding carboxylic acids is 2. The van der Waals surface area contributed by atoms with Crippen molar-refractivity contribution < 1.29 is 32.4 Å². The fraction of sp³-hybridized carbons (Fsp3) is 0.517. The van der Waals surface area contributed by atoms with E-state index in [9.17, 15) is 27.8 Å². The molecular weight excluding hydrogens is 564 g/mol. The van der Waals surface area contributed by atoms with E-state index in [1.807, 2.05) is 39.0 Å². The third-order valence-corrected chi connectivity index (χ3v) is 6.97. The van der Waals surface area contributed by atoms with Crippen molar-refractivity contribution in [1.82, 2.24) is 10.2 Å². The zero-order valence-corrected chi connectivity index (χ0v) is 25.0. The van der Waals surface area contributed by atoms with Crippen LogP contribution < -0.4 is 33.3 Å². The Morgan fingerprint density at radius 3 is 2.26 bits per heavy atom. The third-order valence-electron chi connectivity index (χ3n) is 6.97. The van der Waals surface area contributed by atoms with Gasteiger partial charge in [-0.05, 0) is 67.5 Å². The van der Waals surface area contributed by atoms with Gasteiger partial charge in [0.2, 0.25) is 11.8 Å². The molecule has 2 aromatic carbocycles. The van der Waals surface area contributed by atoms with Gasteiger partial charge in [0, 0.05) is 51.4 Å². The van der Waals surface area contributed by atoms with Crippen LogP contribution in [0.5, 0.6) is 0 Å². The molecular formula is C29H44BF3N6O4. The molecule has 238 valence electrons. The summed E-state index contributed by atoms with van der Waals surface area (Å²) >= 11 is 0. The zero-order valence-electron chi connectivity index (χ0n) is 25.0. The Labute approximate surface area is 251 Å². The molecule has 0 aliphatic carbocycles. The maximum Gasteiger partial charge on any atom is 0.492 e. The lowest BCUT2D eigenvalue weighted by Crippen LogP contribution is -2.44.